The van der Waals surface area contributed by atoms with Crippen LogP contribution in [0.25, 0.3) is 11.1 Å². The number of hydrogen-bond acceptors (Lipinski definition) is 4. The molecular weight excluding hydrogens is 262 g/mol. The van der Waals surface area contributed by atoms with Gasteiger partial charge in [-0.15, -0.1) is 0 Å². The van der Waals surface area contributed by atoms with Crippen molar-refractivity contribution in [2.24, 2.45) is 5.92 Å². The molecule has 21 heavy (non-hydrogen) atoms. The molecule has 2 rings (SSSR count). The van der Waals surface area contributed by atoms with Crippen LogP contribution in [-0.2, 0) is 6.42 Å². The van der Waals surface area contributed by atoms with Gasteiger partial charge in [-0.1, -0.05) is 32.0 Å². The van der Waals surface area contributed by atoms with Gasteiger partial charge in [-0.25, -0.2) is 4.98 Å². The maximum atomic E-state index is 9.25. The molecule has 0 saturated heterocycles. The Bertz CT molecular complexity index is 687. The van der Waals surface area contributed by atoms with E-state index in [4.69, 9.17) is 10.5 Å². The van der Waals surface area contributed by atoms with Crippen molar-refractivity contribution in [1.29, 1.82) is 5.26 Å². The Morgan fingerprint density at radius 2 is 2.00 bits per heavy atom. The number of methoxy groups -OCH3 is 1. The van der Waals surface area contributed by atoms with E-state index in [9.17, 15) is 5.26 Å². The topological polar surface area (TPSA) is 71.9 Å². The van der Waals surface area contributed by atoms with Crippen LogP contribution >= 0.6 is 0 Å². The second-order valence-corrected chi connectivity index (χ2v) is 5.33. The van der Waals surface area contributed by atoms with Crippen LogP contribution < -0.4 is 10.5 Å². The Morgan fingerprint density at radius 1 is 1.29 bits per heavy atom. The molecule has 0 aliphatic carbocycles. The molecule has 0 unspecified atom stereocenters. The van der Waals surface area contributed by atoms with Gasteiger partial charge in [0, 0.05) is 16.8 Å². The molecule has 0 spiro atoms. The predicted octanol–water partition coefficient (Wildman–Crippen LogP) is 3.41. The zero-order valence-corrected chi connectivity index (χ0v) is 12.6. The Kier molecular flexibility index (Phi) is 4.44. The molecule has 2 N–H and O–H groups in total. The number of nitrogens with two attached hydrogens (primary N) is 1. The van der Waals surface area contributed by atoms with Gasteiger partial charge in [-0.3, -0.25) is 0 Å². The maximum Gasteiger partial charge on any atom is 0.164 e. The normalized spacial score (nSPS) is 10.4. The van der Waals surface area contributed by atoms with Crippen LogP contribution in [0.2, 0.25) is 0 Å². The average molecular weight is 281 g/mol. The third-order valence-electron chi connectivity index (χ3n) is 3.23. The summed E-state index contributed by atoms with van der Waals surface area (Å²) in [5, 5.41) is 9.25. The molecule has 0 radical (unpaired) electrons. The largest absolute Gasteiger partial charge is 0.496 e. The number of rotatable bonds is 4. The van der Waals surface area contributed by atoms with E-state index in [1.165, 1.54) is 0 Å². The molecule has 1 aromatic heterocycles. The fraction of sp³-hybridized carbons (Fsp3) is 0.294. The lowest BCUT2D eigenvalue weighted by atomic mass is 9.99. The first-order chi connectivity index (χ1) is 10.1. The van der Waals surface area contributed by atoms with Crippen LogP contribution in [-0.4, -0.2) is 12.1 Å². The van der Waals surface area contributed by atoms with Gasteiger partial charge in [0.1, 0.15) is 11.8 Å². The maximum absolute atomic E-state index is 9.25. The minimum Gasteiger partial charge on any atom is -0.496 e. The van der Waals surface area contributed by atoms with Crippen LogP contribution in [0.3, 0.4) is 0 Å². The zero-order valence-electron chi connectivity index (χ0n) is 12.6. The summed E-state index contributed by atoms with van der Waals surface area (Å²) in [4.78, 5) is 4.35. The molecule has 0 fully saturated rings. The molecule has 0 saturated carbocycles. The monoisotopic (exact) mass is 281 g/mol. The highest BCUT2D eigenvalue weighted by atomic mass is 16.5. The molecule has 4 heteroatoms. The van der Waals surface area contributed by atoms with E-state index in [1.54, 1.807) is 7.11 Å². The quantitative estimate of drug-likeness (QED) is 0.932. The van der Waals surface area contributed by atoms with E-state index >= 15 is 0 Å². The number of hydrogen-bond donors (Lipinski definition) is 1. The van der Waals surface area contributed by atoms with Crippen LogP contribution in [0.4, 0.5) is 5.69 Å². The Morgan fingerprint density at radius 3 is 2.62 bits per heavy atom. The number of anilines is 1. The van der Waals surface area contributed by atoms with Crippen molar-refractivity contribution < 1.29 is 4.74 Å². The lowest BCUT2D eigenvalue weighted by Gasteiger charge is -2.14. The predicted molar refractivity (Wildman–Crippen MR) is 83.9 cm³/mol. The minimum absolute atomic E-state index is 0.272. The van der Waals surface area contributed by atoms with Crippen molar-refractivity contribution in [3.8, 4) is 22.9 Å². The molecule has 2 aromatic rings. The van der Waals surface area contributed by atoms with E-state index in [0.29, 0.717) is 11.6 Å². The van der Waals surface area contributed by atoms with Crippen LogP contribution in [0.15, 0.2) is 30.3 Å². The Hall–Kier alpha value is -2.54. The first-order valence-corrected chi connectivity index (χ1v) is 6.89. The average Bonchev–Trinajstić information content (AvgIpc) is 2.48. The Labute approximate surface area is 125 Å². The SMILES string of the molecule is COc1ccccc1-c1cc(CC(C)C)nc(C#N)c1N. The number of nitriles is 1. The van der Waals surface area contributed by atoms with Gasteiger partial charge in [0.2, 0.25) is 0 Å². The van der Waals surface area contributed by atoms with Crippen molar-refractivity contribution in [3.63, 3.8) is 0 Å². The molecule has 1 aromatic carbocycles. The summed E-state index contributed by atoms with van der Waals surface area (Å²) in [5.41, 5.74) is 9.33. The highest BCUT2D eigenvalue weighted by molar-refractivity contribution is 5.83. The van der Waals surface area contributed by atoms with Crippen molar-refractivity contribution in [1.82, 2.24) is 4.98 Å². The second kappa shape index (κ2) is 6.27. The number of para-hydroxylation sites is 1. The fourth-order valence-electron chi connectivity index (χ4n) is 2.31. The smallest absolute Gasteiger partial charge is 0.164 e. The van der Waals surface area contributed by atoms with Crippen LogP contribution in [0.1, 0.15) is 25.2 Å². The van der Waals surface area contributed by atoms with E-state index in [-0.39, 0.29) is 5.69 Å². The zero-order chi connectivity index (χ0) is 15.4. The van der Waals surface area contributed by atoms with Gasteiger partial charge in [0.25, 0.3) is 0 Å². The molecule has 0 amide bonds. The summed E-state index contributed by atoms with van der Waals surface area (Å²) in [6.45, 7) is 4.24. The van der Waals surface area contributed by atoms with E-state index in [0.717, 1.165) is 29.0 Å². The number of nitrogens with zero attached hydrogens (tertiary/aromatic N) is 2. The van der Waals surface area contributed by atoms with Gasteiger partial charge >= 0.3 is 0 Å². The van der Waals surface area contributed by atoms with Crippen molar-refractivity contribution in [3.05, 3.63) is 41.7 Å². The summed E-state index contributed by atoms with van der Waals surface area (Å²) in [6, 6.07) is 11.7. The van der Waals surface area contributed by atoms with E-state index in [2.05, 4.69) is 24.9 Å². The van der Waals surface area contributed by atoms with Crippen molar-refractivity contribution in [2.75, 3.05) is 12.8 Å². The summed E-state index contributed by atoms with van der Waals surface area (Å²) in [7, 11) is 1.62. The number of aromatic nitrogens is 1. The molecule has 4 nitrogen and oxygen atoms in total. The third kappa shape index (κ3) is 3.14. The highest BCUT2D eigenvalue weighted by Gasteiger charge is 2.15. The lowest BCUT2D eigenvalue weighted by molar-refractivity contribution is 0.416. The number of pyridine rings is 1. The highest BCUT2D eigenvalue weighted by Crippen LogP contribution is 2.35. The van der Waals surface area contributed by atoms with Gasteiger partial charge in [-0.05, 0) is 24.5 Å². The lowest BCUT2D eigenvalue weighted by Crippen LogP contribution is -2.04. The number of benzene rings is 1. The molecule has 0 bridgehead atoms. The summed E-state index contributed by atoms with van der Waals surface area (Å²) in [6.07, 6.45) is 0.803. The number of ether oxygens (including phenoxy) is 1. The number of nitrogen functional groups attached to an aromatic ring is 1. The van der Waals surface area contributed by atoms with E-state index in [1.807, 2.05) is 30.3 Å². The third-order valence-corrected chi connectivity index (χ3v) is 3.23. The minimum atomic E-state index is 0.272. The van der Waals surface area contributed by atoms with E-state index < -0.39 is 0 Å². The summed E-state index contributed by atoms with van der Waals surface area (Å²) < 4.78 is 5.39. The molecule has 0 atom stereocenters. The van der Waals surface area contributed by atoms with Crippen molar-refractivity contribution in [2.45, 2.75) is 20.3 Å². The molecular formula is C17H19N3O. The first-order valence-electron chi connectivity index (χ1n) is 6.89. The molecule has 0 aliphatic heterocycles. The van der Waals surface area contributed by atoms with Gasteiger partial charge in [-0.2, -0.15) is 5.26 Å². The van der Waals surface area contributed by atoms with Gasteiger partial charge in [0.05, 0.1) is 12.8 Å². The molecule has 0 aliphatic rings. The standard InChI is InChI=1S/C17H19N3O/c1-11(2)8-12-9-14(17(19)15(10-18)20-12)13-6-4-5-7-16(13)21-3/h4-7,9,11H,8,19H2,1-3H3. The second-order valence-electron chi connectivity index (χ2n) is 5.33. The van der Waals surface area contributed by atoms with Gasteiger partial charge < -0.3 is 10.5 Å². The van der Waals surface area contributed by atoms with Crippen molar-refractivity contribution >= 4 is 5.69 Å². The molecule has 1 heterocycles. The van der Waals surface area contributed by atoms with Gasteiger partial charge in [0.15, 0.2) is 5.69 Å². The summed E-state index contributed by atoms with van der Waals surface area (Å²) >= 11 is 0. The summed E-state index contributed by atoms with van der Waals surface area (Å²) in [5.74, 6) is 1.19. The fourth-order valence-corrected chi connectivity index (χ4v) is 2.31. The first kappa shape index (κ1) is 14.9. The van der Waals surface area contributed by atoms with Crippen LogP contribution in [0.5, 0.6) is 5.75 Å². The molecule has 108 valence electrons. The Balaban J connectivity index is 2.64. The van der Waals surface area contributed by atoms with Crippen LogP contribution in [0, 0.1) is 17.2 Å².